The number of aldehydes is 1. The molecular weight excluding hydrogens is 312 g/mol. The van der Waals surface area contributed by atoms with Crippen LogP contribution in [-0.4, -0.2) is 18.2 Å². The van der Waals surface area contributed by atoms with Crippen molar-refractivity contribution in [2.45, 2.75) is 0 Å². The van der Waals surface area contributed by atoms with E-state index in [0.717, 1.165) is 0 Å². The third-order valence-corrected chi connectivity index (χ3v) is 3.08. The van der Waals surface area contributed by atoms with Gasteiger partial charge in [0, 0.05) is 10.0 Å². The van der Waals surface area contributed by atoms with Gasteiger partial charge in [0.05, 0.1) is 0 Å². The number of phenols is 1. The third-order valence-electron chi connectivity index (χ3n) is 2.39. The van der Waals surface area contributed by atoms with Gasteiger partial charge in [-0.1, -0.05) is 18.2 Å². The molecule has 1 N–H and O–H groups in total. The predicted octanol–water partition coefficient (Wildman–Crippen LogP) is 3.38. The van der Waals surface area contributed by atoms with Gasteiger partial charge < -0.3 is 14.6 Å². The average molecular weight is 323 g/mol. The predicted molar refractivity (Wildman–Crippen MR) is 73.8 cm³/mol. The number of phenolic OH excluding ortho intramolecular Hbond substituents is 1. The fourth-order valence-corrected chi connectivity index (χ4v) is 1.87. The van der Waals surface area contributed by atoms with Crippen molar-refractivity contribution in [3.05, 3.63) is 52.5 Å². The fourth-order valence-electron chi connectivity index (χ4n) is 1.44. The molecular formula is C14H11BrO4. The molecule has 2 rings (SSSR count). The summed E-state index contributed by atoms with van der Waals surface area (Å²) >= 11 is 3.17. The van der Waals surface area contributed by atoms with Crippen molar-refractivity contribution in [1.29, 1.82) is 0 Å². The summed E-state index contributed by atoms with van der Waals surface area (Å²) in [4.78, 5) is 10.8. The van der Waals surface area contributed by atoms with E-state index >= 15 is 0 Å². The van der Waals surface area contributed by atoms with Gasteiger partial charge in [-0.15, -0.1) is 0 Å². The number of para-hydroxylation sites is 1. The lowest BCUT2D eigenvalue weighted by atomic mass is 10.2. The van der Waals surface area contributed by atoms with Crippen molar-refractivity contribution in [3.8, 4) is 17.2 Å². The molecule has 0 amide bonds. The Labute approximate surface area is 118 Å². The minimum absolute atomic E-state index is 0.0580. The van der Waals surface area contributed by atoms with Crippen LogP contribution in [0.5, 0.6) is 17.2 Å². The van der Waals surface area contributed by atoms with E-state index in [2.05, 4.69) is 15.9 Å². The van der Waals surface area contributed by atoms with Crippen molar-refractivity contribution in [1.82, 2.24) is 0 Å². The van der Waals surface area contributed by atoms with E-state index < -0.39 is 0 Å². The average Bonchev–Trinajstić information content (AvgIpc) is 2.42. The van der Waals surface area contributed by atoms with Gasteiger partial charge in [-0.3, -0.25) is 4.79 Å². The van der Waals surface area contributed by atoms with Crippen LogP contribution in [0.4, 0.5) is 0 Å². The molecule has 0 heterocycles. The fraction of sp³-hybridized carbons (Fsp3) is 0.0714. The Morgan fingerprint density at radius 1 is 1.16 bits per heavy atom. The summed E-state index contributed by atoms with van der Waals surface area (Å²) < 4.78 is 11.1. The van der Waals surface area contributed by atoms with Gasteiger partial charge in [-0.2, -0.15) is 0 Å². The topological polar surface area (TPSA) is 55.8 Å². The largest absolute Gasteiger partial charge is 0.504 e. The molecule has 5 heteroatoms. The number of halogens is 1. The second-order valence-corrected chi connectivity index (χ2v) is 4.53. The molecule has 4 nitrogen and oxygen atoms in total. The van der Waals surface area contributed by atoms with Crippen molar-refractivity contribution in [2.24, 2.45) is 0 Å². The highest BCUT2D eigenvalue weighted by Crippen LogP contribution is 2.31. The highest BCUT2D eigenvalue weighted by atomic mass is 79.9. The van der Waals surface area contributed by atoms with Crippen LogP contribution in [0.1, 0.15) is 10.4 Å². The molecule has 2 aromatic rings. The Hall–Kier alpha value is -2.01. The SMILES string of the molecule is O=Cc1cc(OCOc2ccccc2)c(O)cc1Br. The minimum atomic E-state index is -0.0610. The maximum atomic E-state index is 10.8. The van der Waals surface area contributed by atoms with Gasteiger partial charge in [-0.05, 0) is 40.2 Å². The van der Waals surface area contributed by atoms with E-state index in [1.54, 1.807) is 12.1 Å². The first-order chi connectivity index (χ1) is 9.20. The lowest BCUT2D eigenvalue weighted by Crippen LogP contribution is -2.06. The maximum Gasteiger partial charge on any atom is 0.231 e. The molecule has 0 saturated carbocycles. The zero-order valence-electron chi connectivity index (χ0n) is 9.88. The van der Waals surface area contributed by atoms with Gasteiger partial charge in [0.1, 0.15) is 5.75 Å². The van der Waals surface area contributed by atoms with Gasteiger partial charge in [-0.25, -0.2) is 0 Å². The molecule has 98 valence electrons. The van der Waals surface area contributed by atoms with Crippen LogP contribution in [0.15, 0.2) is 46.9 Å². The Morgan fingerprint density at radius 2 is 1.89 bits per heavy atom. The van der Waals surface area contributed by atoms with Gasteiger partial charge in [0.15, 0.2) is 17.8 Å². The van der Waals surface area contributed by atoms with E-state index in [9.17, 15) is 9.90 Å². The summed E-state index contributed by atoms with van der Waals surface area (Å²) in [5.41, 5.74) is 0.396. The number of hydrogen-bond donors (Lipinski definition) is 1. The van der Waals surface area contributed by atoms with E-state index in [-0.39, 0.29) is 18.3 Å². The zero-order valence-corrected chi connectivity index (χ0v) is 11.5. The summed E-state index contributed by atoms with van der Waals surface area (Å²) in [6.07, 6.45) is 0.675. The molecule has 0 spiro atoms. The Bertz CT molecular complexity index is 569. The van der Waals surface area contributed by atoms with Crippen LogP contribution in [0.2, 0.25) is 0 Å². The first-order valence-electron chi connectivity index (χ1n) is 5.49. The van der Waals surface area contributed by atoms with E-state index in [1.807, 2.05) is 18.2 Å². The Kier molecular flexibility index (Phi) is 4.41. The normalized spacial score (nSPS) is 9.95. The van der Waals surface area contributed by atoms with Gasteiger partial charge >= 0.3 is 0 Å². The number of hydrogen-bond acceptors (Lipinski definition) is 4. The van der Waals surface area contributed by atoms with E-state index in [4.69, 9.17) is 9.47 Å². The summed E-state index contributed by atoms with van der Waals surface area (Å²) in [6, 6.07) is 12.0. The summed E-state index contributed by atoms with van der Waals surface area (Å²) in [5, 5.41) is 9.68. The Morgan fingerprint density at radius 3 is 2.58 bits per heavy atom. The van der Waals surface area contributed by atoms with E-state index in [1.165, 1.54) is 12.1 Å². The minimum Gasteiger partial charge on any atom is -0.504 e. The summed E-state index contributed by atoms with van der Waals surface area (Å²) in [6.45, 7) is -0.0580. The van der Waals surface area contributed by atoms with Gasteiger partial charge in [0.25, 0.3) is 0 Å². The van der Waals surface area contributed by atoms with Crippen molar-refractivity contribution in [3.63, 3.8) is 0 Å². The molecule has 19 heavy (non-hydrogen) atoms. The van der Waals surface area contributed by atoms with Crippen LogP contribution in [0.3, 0.4) is 0 Å². The van der Waals surface area contributed by atoms with Crippen LogP contribution in [0.25, 0.3) is 0 Å². The zero-order chi connectivity index (χ0) is 13.7. The van der Waals surface area contributed by atoms with Crippen molar-refractivity contribution < 1.29 is 19.4 Å². The first-order valence-corrected chi connectivity index (χ1v) is 6.28. The quantitative estimate of drug-likeness (QED) is 0.677. The van der Waals surface area contributed by atoms with Gasteiger partial charge in [0.2, 0.25) is 6.79 Å². The molecule has 0 unspecified atom stereocenters. The number of rotatable bonds is 5. The van der Waals surface area contributed by atoms with E-state index in [0.29, 0.717) is 22.1 Å². The smallest absolute Gasteiger partial charge is 0.231 e. The molecule has 0 saturated heterocycles. The number of carbonyl (C=O) groups excluding carboxylic acids is 1. The monoisotopic (exact) mass is 322 g/mol. The highest BCUT2D eigenvalue weighted by Gasteiger charge is 2.08. The molecule has 0 bridgehead atoms. The second-order valence-electron chi connectivity index (χ2n) is 3.68. The molecule has 0 aromatic heterocycles. The molecule has 0 atom stereocenters. The molecule has 0 aliphatic heterocycles. The first kappa shape index (κ1) is 13.4. The lowest BCUT2D eigenvalue weighted by Gasteiger charge is -2.10. The third kappa shape index (κ3) is 3.48. The number of ether oxygens (including phenoxy) is 2. The molecule has 0 aliphatic carbocycles. The van der Waals surface area contributed by atoms with Crippen LogP contribution in [0, 0.1) is 0 Å². The molecule has 0 aliphatic rings. The van der Waals surface area contributed by atoms with Crippen LogP contribution >= 0.6 is 15.9 Å². The summed E-state index contributed by atoms with van der Waals surface area (Å²) in [7, 11) is 0. The summed E-state index contributed by atoms with van der Waals surface area (Å²) in [5.74, 6) is 0.796. The molecule has 0 radical (unpaired) electrons. The number of aromatic hydroxyl groups is 1. The van der Waals surface area contributed by atoms with Crippen LogP contribution in [-0.2, 0) is 0 Å². The number of benzene rings is 2. The molecule has 2 aromatic carbocycles. The number of carbonyl (C=O) groups is 1. The highest BCUT2D eigenvalue weighted by molar-refractivity contribution is 9.10. The van der Waals surface area contributed by atoms with Crippen molar-refractivity contribution in [2.75, 3.05) is 6.79 Å². The Balaban J connectivity index is 2.01. The lowest BCUT2D eigenvalue weighted by molar-refractivity contribution is 0.111. The maximum absolute atomic E-state index is 10.8. The molecule has 0 fully saturated rings. The second kappa shape index (κ2) is 6.24. The van der Waals surface area contributed by atoms with Crippen molar-refractivity contribution >= 4 is 22.2 Å². The standard InChI is InChI=1S/C14H11BrO4/c15-12-7-13(17)14(6-10(12)8-16)19-9-18-11-4-2-1-3-5-11/h1-8,17H,9H2. The van der Waals surface area contributed by atoms with Crippen LogP contribution < -0.4 is 9.47 Å².